The van der Waals surface area contributed by atoms with Gasteiger partial charge in [-0.1, -0.05) is 23.2 Å². The van der Waals surface area contributed by atoms with Crippen molar-refractivity contribution < 1.29 is 24.6 Å². The molecule has 0 spiro atoms. The summed E-state index contributed by atoms with van der Waals surface area (Å²) in [6.07, 6.45) is 0. The summed E-state index contributed by atoms with van der Waals surface area (Å²) in [5, 5.41) is 22.3. The first-order valence-electron chi connectivity index (χ1n) is 8.69. The van der Waals surface area contributed by atoms with Crippen molar-refractivity contribution in [3.8, 4) is 0 Å². The minimum absolute atomic E-state index is 0.0102. The maximum absolute atomic E-state index is 12.1. The number of amides is 2. The first kappa shape index (κ1) is 22.1. The van der Waals surface area contributed by atoms with Crippen LogP contribution in [0, 0.1) is 0 Å². The summed E-state index contributed by atoms with van der Waals surface area (Å²) in [6.45, 7) is -0.367. The van der Waals surface area contributed by atoms with Crippen LogP contribution in [-0.4, -0.2) is 48.3 Å². The number of carboxylic acid groups (broad SMARTS) is 2. The lowest BCUT2D eigenvalue weighted by Crippen LogP contribution is -2.37. The van der Waals surface area contributed by atoms with Crippen LogP contribution in [0.5, 0.6) is 0 Å². The molecule has 2 aromatic carbocycles. The molecular formula is C19H17Cl2N3O5S. The molecule has 0 bridgehead atoms. The standard InChI is InChI=1S/C19H17Cl2N3O5S/c1-22-19(29)23-8-15(18(27)28)14-7-12(2-3-16(14)23)24(9-17(25)26)30-13-5-10(20)4-11(21)6-13/h2-7,15H,8-9H2,1H3,(H,22,29)(H,25,26)(H,27,28). The predicted octanol–water partition coefficient (Wildman–Crippen LogP) is 3.92. The van der Waals surface area contributed by atoms with Crippen LogP contribution in [0.25, 0.3) is 0 Å². The number of anilines is 2. The number of nitrogens with one attached hydrogen (secondary N) is 1. The Bertz CT molecular complexity index is 999. The molecule has 1 unspecified atom stereocenters. The molecule has 0 saturated heterocycles. The topological polar surface area (TPSA) is 110 Å². The summed E-state index contributed by atoms with van der Waals surface area (Å²) in [6, 6.07) is 9.29. The highest BCUT2D eigenvalue weighted by Gasteiger charge is 2.37. The number of rotatable bonds is 6. The lowest BCUT2D eigenvalue weighted by atomic mass is 10.0. The molecule has 0 aromatic heterocycles. The van der Waals surface area contributed by atoms with Gasteiger partial charge in [0.1, 0.15) is 12.5 Å². The van der Waals surface area contributed by atoms with Gasteiger partial charge in [0.2, 0.25) is 0 Å². The zero-order valence-electron chi connectivity index (χ0n) is 15.6. The van der Waals surface area contributed by atoms with Gasteiger partial charge < -0.3 is 19.8 Å². The minimum Gasteiger partial charge on any atom is -0.481 e. The number of fused-ring (bicyclic) bond motifs is 1. The summed E-state index contributed by atoms with van der Waals surface area (Å²) < 4.78 is 1.49. The molecule has 1 heterocycles. The van der Waals surface area contributed by atoms with Crippen molar-refractivity contribution in [2.45, 2.75) is 10.8 Å². The molecule has 1 atom stereocenters. The number of hydrogen-bond acceptors (Lipinski definition) is 5. The predicted molar refractivity (Wildman–Crippen MR) is 116 cm³/mol. The van der Waals surface area contributed by atoms with Gasteiger partial charge in [-0.3, -0.25) is 14.5 Å². The second kappa shape index (κ2) is 9.03. The van der Waals surface area contributed by atoms with Crippen molar-refractivity contribution in [3.05, 3.63) is 52.0 Å². The number of carbonyl (C=O) groups excluding carboxylic acids is 1. The normalized spacial score (nSPS) is 14.9. The molecule has 158 valence electrons. The molecule has 1 aliphatic rings. The van der Waals surface area contributed by atoms with Crippen molar-refractivity contribution in [2.24, 2.45) is 0 Å². The largest absolute Gasteiger partial charge is 0.481 e. The number of carboxylic acids is 2. The summed E-state index contributed by atoms with van der Waals surface area (Å²) >= 11 is 13.2. The zero-order chi connectivity index (χ0) is 22.0. The maximum Gasteiger partial charge on any atom is 0.324 e. The van der Waals surface area contributed by atoms with Gasteiger partial charge in [-0.15, -0.1) is 0 Å². The fourth-order valence-electron chi connectivity index (χ4n) is 3.15. The van der Waals surface area contributed by atoms with Crippen molar-refractivity contribution in [3.63, 3.8) is 0 Å². The van der Waals surface area contributed by atoms with Gasteiger partial charge in [-0.2, -0.15) is 0 Å². The van der Waals surface area contributed by atoms with Crippen LogP contribution in [0.1, 0.15) is 11.5 Å². The Balaban J connectivity index is 2.00. The van der Waals surface area contributed by atoms with E-state index in [1.807, 2.05) is 0 Å². The van der Waals surface area contributed by atoms with E-state index in [4.69, 9.17) is 23.2 Å². The maximum atomic E-state index is 12.1. The molecule has 8 nitrogen and oxygen atoms in total. The average molecular weight is 470 g/mol. The Morgan fingerprint density at radius 1 is 1.17 bits per heavy atom. The van der Waals surface area contributed by atoms with Crippen LogP contribution < -0.4 is 14.5 Å². The lowest BCUT2D eigenvalue weighted by Gasteiger charge is -2.23. The van der Waals surface area contributed by atoms with E-state index in [0.717, 1.165) is 11.9 Å². The van der Waals surface area contributed by atoms with Crippen molar-refractivity contribution in [2.75, 3.05) is 29.3 Å². The fourth-order valence-corrected chi connectivity index (χ4v) is 4.81. The van der Waals surface area contributed by atoms with E-state index in [1.54, 1.807) is 36.4 Å². The van der Waals surface area contributed by atoms with E-state index in [-0.39, 0.29) is 13.1 Å². The molecule has 0 radical (unpaired) electrons. The Labute approximate surface area is 186 Å². The molecule has 1 aliphatic heterocycles. The number of benzene rings is 2. The van der Waals surface area contributed by atoms with Gasteiger partial charge in [0.25, 0.3) is 0 Å². The van der Waals surface area contributed by atoms with Gasteiger partial charge in [-0.25, -0.2) is 4.79 Å². The molecule has 0 saturated carbocycles. The SMILES string of the molecule is CNC(=O)N1CC(C(=O)O)c2cc(N(CC(=O)O)Sc3cc(Cl)cc(Cl)c3)ccc21. The molecule has 30 heavy (non-hydrogen) atoms. The van der Waals surface area contributed by atoms with Crippen LogP contribution in [0.2, 0.25) is 10.0 Å². The van der Waals surface area contributed by atoms with Gasteiger partial charge in [0.15, 0.2) is 0 Å². The molecule has 0 aliphatic carbocycles. The summed E-state index contributed by atoms with van der Waals surface area (Å²) in [5.74, 6) is -3.06. The van der Waals surface area contributed by atoms with Crippen LogP contribution in [-0.2, 0) is 9.59 Å². The Morgan fingerprint density at radius 3 is 2.40 bits per heavy atom. The Morgan fingerprint density at radius 2 is 1.83 bits per heavy atom. The number of urea groups is 1. The fraction of sp³-hybridized carbons (Fsp3) is 0.211. The second-order valence-corrected chi connectivity index (χ2v) is 8.39. The summed E-state index contributed by atoms with van der Waals surface area (Å²) in [7, 11) is 1.46. The summed E-state index contributed by atoms with van der Waals surface area (Å²) in [4.78, 5) is 37.3. The van der Waals surface area contributed by atoms with E-state index < -0.39 is 23.9 Å². The van der Waals surface area contributed by atoms with E-state index in [0.29, 0.717) is 31.9 Å². The molecule has 2 aromatic rings. The molecule has 3 rings (SSSR count). The van der Waals surface area contributed by atoms with Crippen molar-refractivity contribution in [1.82, 2.24) is 5.32 Å². The second-order valence-electron chi connectivity index (χ2n) is 6.43. The van der Waals surface area contributed by atoms with Crippen LogP contribution in [0.4, 0.5) is 16.2 Å². The highest BCUT2D eigenvalue weighted by Crippen LogP contribution is 2.41. The smallest absolute Gasteiger partial charge is 0.324 e. The molecule has 11 heteroatoms. The Hall–Kier alpha value is -2.62. The van der Waals surface area contributed by atoms with Crippen LogP contribution in [0.3, 0.4) is 0 Å². The van der Waals surface area contributed by atoms with Crippen LogP contribution in [0.15, 0.2) is 41.3 Å². The third kappa shape index (κ3) is 4.75. The highest BCUT2D eigenvalue weighted by atomic mass is 35.5. The molecule has 2 amide bonds. The highest BCUT2D eigenvalue weighted by molar-refractivity contribution is 8.00. The van der Waals surface area contributed by atoms with Crippen molar-refractivity contribution >= 4 is 64.5 Å². The van der Waals surface area contributed by atoms with Gasteiger partial charge >= 0.3 is 18.0 Å². The first-order chi connectivity index (χ1) is 14.2. The van der Waals surface area contributed by atoms with E-state index in [9.17, 15) is 24.6 Å². The lowest BCUT2D eigenvalue weighted by molar-refractivity contribution is -0.138. The summed E-state index contributed by atoms with van der Waals surface area (Å²) in [5.41, 5.74) is 1.38. The van der Waals surface area contributed by atoms with Gasteiger partial charge in [-0.05, 0) is 53.9 Å². The first-order valence-corrected chi connectivity index (χ1v) is 10.2. The number of carbonyl (C=O) groups is 3. The number of halogens is 2. The van der Waals surface area contributed by atoms with Gasteiger partial charge in [0, 0.05) is 39.9 Å². The number of aliphatic carboxylic acids is 2. The number of nitrogens with zero attached hydrogens (tertiary/aromatic N) is 2. The Kier molecular flexibility index (Phi) is 6.64. The van der Waals surface area contributed by atoms with Crippen LogP contribution >= 0.6 is 35.1 Å². The molecular weight excluding hydrogens is 453 g/mol. The average Bonchev–Trinajstić information content (AvgIpc) is 3.05. The monoisotopic (exact) mass is 469 g/mol. The quantitative estimate of drug-likeness (QED) is 0.549. The molecule has 3 N–H and O–H groups in total. The third-order valence-corrected chi connectivity index (χ3v) is 5.86. The van der Waals surface area contributed by atoms with E-state index in [1.165, 1.54) is 16.3 Å². The third-order valence-electron chi connectivity index (χ3n) is 4.42. The number of hydrogen-bond donors (Lipinski definition) is 3. The molecule has 0 fully saturated rings. The van der Waals surface area contributed by atoms with Crippen molar-refractivity contribution in [1.29, 1.82) is 0 Å². The van der Waals surface area contributed by atoms with E-state index >= 15 is 0 Å². The minimum atomic E-state index is -1.07. The van der Waals surface area contributed by atoms with Gasteiger partial charge in [0.05, 0.1) is 0 Å². The zero-order valence-corrected chi connectivity index (χ0v) is 18.0. The van der Waals surface area contributed by atoms with E-state index in [2.05, 4.69) is 5.32 Å².